The Hall–Kier alpha value is -3.97. The number of hydrogen-bond donors (Lipinski definition) is 1. The molecule has 0 aliphatic carbocycles. The van der Waals surface area contributed by atoms with Gasteiger partial charge in [0.25, 0.3) is 11.4 Å². The molecule has 218 valence electrons. The molecule has 0 saturated carbocycles. The van der Waals surface area contributed by atoms with E-state index in [4.69, 9.17) is 24.6 Å². The zero-order chi connectivity index (χ0) is 29.5. The first-order valence-corrected chi connectivity index (χ1v) is 15.0. The van der Waals surface area contributed by atoms with Crippen molar-refractivity contribution < 1.29 is 27.1 Å². The van der Waals surface area contributed by atoms with Crippen molar-refractivity contribution in [2.45, 2.75) is 50.9 Å². The van der Waals surface area contributed by atoms with E-state index in [0.29, 0.717) is 35.5 Å². The third kappa shape index (κ3) is 5.38. The van der Waals surface area contributed by atoms with E-state index in [1.807, 2.05) is 24.3 Å². The number of imidazole rings is 1. The summed E-state index contributed by atoms with van der Waals surface area (Å²) in [7, 11) is 0.157. The van der Waals surface area contributed by atoms with Crippen molar-refractivity contribution in [1.29, 1.82) is 0 Å². The van der Waals surface area contributed by atoms with E-state index in [2.05, 4.69) is 4.98 Å². The minimum atomic E-state index is -3.09. The minimum absolute atomic E-state index is 0.0536. The van der Waals surface area contributed by atoms with Crippen molar-refractivity contribution in [3.05, 3.63) is 64.4 Å². The first-order valence-electron chi connectivity index (χ1n) is 13.2. The number of benzene rings is 1. The number of ether oxygens (including phenoxy) is 2. The number of aryl methyl sites for hydroxylation is 1. The molecule has 13 heteroatoms. The lowest BCUT2D eigenvalue weighted by atomic mass is 9.98. The van der Waals surface area contributed by atoms with E-state index in [0.717, 1.165) is 5.56 Å². The first-order chi connectivity index (χ1) is 19.4. The summed E-state index contributed by atoms with van der Waals surface area (Å²) in [5, 5.41) is 0. The number of hydrogen-bond acceptors (Lipinski definition) is 9. The summed E-state index contributed by atoms with van der Waals surface area (Å²) in [5.41, 5.74) is 5.93. The van der Waals surface area contributed by atoms with E-state index >= 15 is 0 Å². The van der Waals surface area contributed by atoms with Gasteiger partial charge in [-0.3, -0.25) is 14.2 Å². The standard InChI is InChI=1S/C28H33N5O7S/c1-28(2,27(29)35)33-16-17(22-23(26(33)34)32(3)24(31-22)25-30-11-12-39-25)15-21(19-7-5-6-8-20(19)38-4)40-18-9-13-41(36,37)14-10-18/h5-8,11-12,16,18,21H,9-10,13-15H2,1-4H3,(H2,29,35)/t21-/m0/s1. The highest BCUT2D eigenvalue weighted by atomic mass is 32.2. The predicted octanol–water partition coefficient (Wildman–Crippen LogP) is 2.50. The number of methoxy groups -OCH3 is 1. The number of amides is 1. The highest BCUT2D eigenvalue weighted by molar-refractivity contribution is 7.91. The normalized spacial score (nSPS) is 16.6. The number of carbonyl (C=O) groups is 1. The second-order valence-electron chi connectivity index (χ2n) is 10.7. The highest BCUT2D eigenvalue weighted by Crippen LogP contribution is 2.35. The van der Waals surface area contributed by atoms with Gasteiger partial charge in [0.05, 0.1) is 42.5 Å². The second kappa shape index (κ2) is 10.8. The number of oxazole rings is 1. The lowest BCUT2D eigenvalue weighted by Gasteiger charge is -2.30. The zero-order valence-electron chi connectivity index (χ0n) is 23.4. The van der Waals surface area contributed by atoms with Crippen molar-refractivity contribution in [1.82, 2.24) is 19.1 Å². The molecule has 0 radical (unpaired) electrons. The van der Waals surface area contributed by atoms with Crippen LogP contribution in [0.25, 0.3) is 22.7 Å². The Bertz CT molecular complexity index is 1740. The molecule has 0 unspecified atom stereocenters. The first kappa shape index (κ1) is 28.6. The highest BCUT2D eigenvalue weighted by Gasteiger charge is 2.33. The van der Waals surface area contributed by atoms with E-state index in [1.54, 1.807) is 38.8 Å². The molecule has 5 rings (SSSR count). The van der Waals surface area contributed by atoms with Crippen LogP contribution < -0.4 is 16.0 Å². The van der Waals surface area contributed by atoms with Gasteiger partial charge in [-0.1, -0.05) is 18.2 Å². The molecule has 0 bridgehead atoms. The molecule has 4 aromatic rings. The SMILES string of the molecule is COc1ccccc1[C@H](Cc1cn(C(C)(C)C(N)=O)c(=O)c2c1nc(-c1ncco1)n2C)OC1CCS(=O)(=O)CC1. The summed E-state index contributed by atoms with van der Waals surface area (Å²) >= 11 is 0. The number of pyridine rings is 1. The van der Waals surface area contributed by atoms with Crippen LogP contribution in [0.4, 0.5) is 0 Å². The Morgan fingerprint density at radius 2 is 1.95 bits per heavy atom. The maximum absolute atomic E-state index is 13.8. The molecule has 1 amide bonds. The summed E-state index contributed by atoms with van der Waals surface area (Å²) in [4.78, 5) is 35.2. The van der Waals surface area contributed by atoms with Gasteiger partial charge in [0.1, 0.15) is 23.1 Å². The van der Waals surface area contributed by atoms with Gasteiger partial charge in [0.15, 0.2) is 15.7 Å². The molecule has 2 N–H and O–H groups in total. The summed E-state index contributed by atoms with van der Waals surface area (Å²) < 4.78 is 44.8. The number of fused-ring (bicyclic) bond motifs is 1. The van der Waals surface area contributed by atoms with Crippen LogP contribution in [0, 0.1) is 0 Å². The van der Waals surface area contributed by atoms with Crippen molar-refractivity contribution in [2.24, 2.45) is 12.8 Å². The molecule has 3 aromatic heterocycles. The van der Waals surface area contributed by atoms with Crippen LogP contribution in [0.5, 0.6) is 5.75 Å². The number of primary amides is 1. The van der Waals surface area contributed by atoms with E-state index in [9.17, 15) is 18.0 Å². The van der Waals surface area contributed by atoms with Crippen LogP contribution in [0.1, 0.15) is 43.9 Å². The monoisotopic (exact) mass is 583 g/mol. The predicted molar refractivity (Wildman–Crippen MR) is 151 cm³/mol. The molecule has 1 aliphatic rings. The van der Waals surface area contributed by atoms with Crippen LogP contribution in [-0.2, 0) is 38.4 Å². The number of nitrogens with two attached hydrogens (primary N) is 1. The Kier molecular flexibility index (Phi) is 7.51. The van der Waals surface area contributed by atoms with Gasteiger partial charge in [0.2, 0.25) is 5.91 Å². The number of carbonyl (C=O) groups excluding carboxylic acids is 1. The number of sulfone groups is 1. The lowest BCUT2D eigenvalue weighted by molar-refractivity contribution is -0.125. The Morgan fingerprint density at radius 3 is 2.59 bits per heavy atom. The van der Waals surface area contributed by atoms with Crippen LogP contribution in [0.15, 0.2) is 52.1 Å². The molecule has 4 heterocycles. The summed E-state index contributed by atoms with van der Waals surface area (Å²) in [5.74, 6) is 0.599. The third-order valence-electron chi connectivity index (χ3n) is 7.68. The zero-order valence-corrected chi connectivity index (χ0v) is 24.2. The maximum Gasteiger partial charge on any atom is 0.277 e. The number of aromatic nitrogens is 4. The molecule has 1 atom stereocenters. The average Bonchev–Trinajstić information content (AvgIpc) is 3.59. The maximum atomic E-state index is 13.8. The van der Waals surface area contributed by atoms with E-state index < -0.39 is 32.9 Å². The largest absolute Gasteiger partial charge is 0.496 e. The number of para-hydroxylation sites is 1. The van der Waals surface area contributed by atoms with Gasteiger partial charge in [-0.05, 0) is 38.3 Å². The Morgan fingerprint density at radius 1 is 1.24 bits per heavy atom. The molecular formula is C28H33N5O7S. The Labute approximate surface area is 237 Å². The summed E-state index contributed by atoms with van der Waals surface area (Å²) in [6.45, 7) is 3.16. The molecule has 1 saturated heterocycles. The molecule has 1 fully saturated rings. The topological polar surface area (TPSA) is 162 Å². The van der Waals surface area contributed by atoms with Crippen LogP contribution >= 0.6 is 0 Å². The number of rotatable bonds is 9. The summed E-state index contributed by atoms with van der Waals surface area (Å²) in [6.07, 6.45) is 4.58. The van der Waals surface area contributed by atoms with Gasteiger partial charge in [0, 0.05) is 25.2 Å². The molecular weight excluding hydrogens is 550 g/mol. The van der Waals surface area contributed by atoms with Gasteiger partial charge in [-0.15, -0.1) is 0 Å². The fourth-order valence-electron chi connectivity index (χ4n) is 5.17. The van der Waals surface area contributed by atoms with Gasteiger partial charge >= 0.3 is 0 Å². The average molecular weight is 584 g/mol. The van der Waals surface area contributed by atoms with Crippen molar-refractivity contribution in [2.75, 3.05) is 18.6 Å². The molecule has 12 nitrogen and oxygen atoms in total. The quantitative estimate of drug-likeness (QED) is 0.312. The molecule has 1 aromatic carbocycles. The van der Waals surface area contributed by atoms with Gasteiger partial charge in [-0.25, -0.2) is 18.4 Å². The second-order valence-corrected chi connectivity index (χ2v) is 13.0. The fourth-order valence-corrected chi connectivity index (χ4v) is 6.61. The number of nitrogens with zero attached hydrogens (tertiary/aromatic N) is 4. The molecule has 0 spiro atoms. The Balaban J connectivity index is 1.68. The van der Waals surface area contributed by atoms with Gasteiger partial charge in [-0.2, -0.15) is 0 Å². The smallest absolute Gasteiger partial charge is 0.277 e. The van der Waals surface area contributed by atoms with Crippen LogP contribution in [0.3, 0.4) is 0 Å². The van der Waals surface area contributed by atoms with Crippen molar-refractivity contribution in [3.63, 3.8) is 0 Å². The van der Waals surface area contributed by atoms with Crippen LogP contribution in [0.2, 0.25) is 0 Å². The summed E-state index contributed by atoms with van der Waals surface area (Å²) in [6, 6.07) is 7.43. The molecule has 1 aliphatic heterocycles. The molecule has 41 heavy (non-hydrogen) atoms. The fraction of sp³-hybridized carbons (Fsp3) is 0.429. The van der Waals surface area contributed by atoms with Crippen LogP contribution in [-0.4, -0.2) is 58.1 Å². The minimum Gasteiger partial charge on any atom is -0.496 e. The van der Waals surface area contributed by atoms with E-state index in [-0.39, 0.29) is 35.4 Å². The van der Waals surface area contributed by atoms with Crippen molar-refractivity contribution in [3.8, 4) is 17.5 Å². The third-order valence-corrected chi connectivity index (χ3v) is 9.40. The van der Waals surface area contributed by atoms with E-state index in [1.165, 1.54) is 17.0 Å². The van der Waals surface area contributed by atoms with Crippen molar-refractivity contribution >= 4 is 26.8 Å². The lowest BCUT2D eigenvalue weighted by Crippen LogP contribution is -2.46. The van der Waals surface area contributed by atoms with Gasteiger partial charge < -0.3 is 24.2 Å².